The maximum Gasteiger partial charge on any atom is 0.247 e. The van der Waals surface area contributed by atoms with Crippen molar-refractivity contribution in [2.75, 3.05) is 50.1 Å². The molecular weight excluding hydrogens is 394 g/mol. The first-order chi connectivity index (χ1) is 15.1. The molecule has 2 heterocycles. The Morgan fingerprint density at radius 1 is 1.10 bits per heavy atom. The highest BCUT2D eigenvalue weighted by Gasteiger charge is 2.21. The zero-order valence-electron chi connectivity index (χ0n) is 17.8. The first-order valence-corrected chi connectivity index (χ1v) is 10.4. The zero-order chi connectivity index (χ0) is 21.6. The lowest BCUT2D eigenvalue weighted by Crippen LogP contribution is -2.36. The number of anilines is 2. The molecule has 3 aromatic rings. The molecule has 8 heteroatoms. The fourth-order valence-corrected chi connectivity index (χ4v) is 3.43. The van der Waals surface area contributed by atoms with Gasteiger partial charge in [-0.25, -0.2) is 0 Å². The molecule has 1 saturated heterocycles. The maximum absolute atomic E-state index is 12.5. The number of aromatic nitrogens is 2. The van der Waals surface area contributed by atoms with E-state index in [0.29, 0.717) is 11.8 Å². The fraction of sp³-hybridized carbons (Fsp3) is 0.348. The van der Waals surface area contributed by atoms with Gasteiger partial charge in [0.1, 0.15) is 0 Å². The van der Waals surface area contributed by atoms with Gasteiger partial charge in [-0.3, -0.25) is 9.69 Å². The van der Waals surface area contributed by atoms with Crippen LogP contribution in [0.3, 0.4) is 0 Å². The summed E-state index contributed by atoms with van der Waals surface area (Å²) in [5.41, 5.74) is 2.78. The van der Waals surface area contributed by atoms with Gasteiger partial charge in [-0.05, 0) is 50.4 Å². The molecule has 1 fully saturated rings. The molecule has 0 aliphatic carbocycles. The summed E-state index contributed by atoms with van der Waals surface area (Å²) in [6.45, 7) is 5.40. The van der Waals surface area contributed by atoms with E-state index in [1.165, 1.54) is 0 Å². The van der Waals surface area contributed by atoms with E-state index in [0.717, 1.165) is 43.2 Å². The number of hydrogen-bond donors (Lipinski definition) is 1. The second-order valence-electron chi connectivity index (χ2n) is 7.60. The van der Waals surface area contributed by atoms with Crippen molar-refractivity contribution in [2.24, 2.45) is 0 Å². The third-order valence-corrected chi connectivity index (χ3v) is 5.40. The number of amides is 1. The molecule has 1 atom stereocenters. The van der Waals surface area contributed by atoms with Gasteiger partial charge >= 0.3 is 0 Å². The van der Waals surface area contributed by atoms with Gasteiger partial charge in [-0.2, -0.15) is 0 Å². The van der Waals surface area contributed by atoms with Crippen LogP contribution in [0.25, 0.3) is 11.5 Å². The average Bonchev–Trinajstić information content (AvgIpc) is 3.30. The van der Waals surface area contributed by atoms with Gasteiger partial charge in [0.2, 0.25) is 17.7 Å². The Morgan fingerprint density at radius 3 is 2.52 bits per heavy atom. The molecule has 31 heavy (non-hydrogen) atoms. The minimum absolute atomic E-state index is 0.101. The van der Waals surface area contributed by atoms with Gasteiger partial charge in [0.25, 0.3) is 0 Å². The van der Waals surface area contributed by atoms with Crippen molar-refractivity contribution >= 4 is 17.3 Å². The third-order valence-electron chi connectivity index (χ3n) is 5.40. The number of benzene rings is 2. The highest BCUT2D eigenvalue weighted by atomic mass is 16.5. The molecule has 162 valence electrons. The number of carbonyl (C=O) groups is 1. The average molecular weight is 422 g/mol. The Balaban J connectivity index is 1.31. The number of ether oxygens (including phenoxy) is 1. The molecule has 2 aromatic carbocycles. The number of nitrogens with one attached hydrogen (secondary N) is 1. The van der Waals surface area contributed by atoms with Crippen molar-refractivity contribution < 1.29 is 13.9 Å². The van der Waals surface area contributed by atoms with E-state index in [-0.39, 0.29) is 18.5 Å². The summed E-state index contributed by atoms with van der Waals surface area (Å²) in [5, 5.41) is 11.2. The van der Waals surface area contributed by atoms with Crippen LogP contribution in [0.15, 0.2) is 59.0 Å². The van der Waals surface area contributed by atoms with Crippen LogP contribution in [0.4, 0.5) is 11.4 Å². The molecule has 0 radical (unpaired) electrons. The predicted molar refractivity (Wildman–Crippen MR) is 119 cm³/mol. The van der Waals surface area contributed by atoms with Gasteiger partial charge in [-0.1, -0.05) is 18.2 Å². The molecule has 8 nitrogen and oxygen atoms in total. The van der Waals surface area contributed by atoms with Crippen LogP contribution in [0.2, 0.25) is 0 Å². The Bertz CT molecular complexity index is 984. The number of morpholine rings is 1. The standard InChI is InChI=1S/C23H27N5O3/c1-17(22-25-26-23(31-22)18-6-4-3-5-7-18)27(2)16-21(29)24-19-8-10-20(11-9-19)28-12-14-30-15-13-28/h3-11,17H,12-16H2,1-2H3,(H,24,29). The van der Waals surface area contributed by atoms with Crippen LogP contribution in [-0.2, 0) is 9.53 Å². The van der Waals surface area contributed by atoms with Crippen molar-refractivity contribution in [3.05, 3.63) is 60.5 Å². The molecule has 4 rings (SSSR count). The van der Waals surface area contributed by atoms with Crippen LogP contribution in [0.1, 0.15) is 18.9 Å². The minimum atomic E-state index is -0.195. The van der Waals surface area contributed by atoms with Gasteiger partial charge < -0.3 is 19.4 Å². The maximum atomic E-state index is 12.5. The molecular formula is C23H27N5O3. The van der Waals surface area contributed by atoms with Crippen molar-refractivity contribution in [1.29, 1.82) is 0 Å². The molecule has 1 N–H and O–H groups in total. The molecule has 0 saturated carbocycles. The third kappa shape index (κ3) is 5.28. The fourth-order valence-electron chi connectivity index (χ4n) is 3.43. The summed E-state index contributed by atoms with van der Waals surface area (Å²) in [5.74, 6) is 0.848. The molecule has 1 aromatic heterocycles. The number of hydrogen-bond acceptors (Lipinski definition) is 7. The topological polar surface area (TPSA) is 83.7 Å². The highest BCUT2D eigenvalue weighted by molar-refractivity contribution is 5.92. The van der Waals surface area contributed by atoms with Crippen LogP contribution < -0.4 is 10.2 Å². The lowest BCUT2D eigenvalue weighted by Gasteiger charge is -2.29. The molecule has 1 aliphatic rings. The smallest absolute Gasteiger partial charge is 0.247 e. The Kier molecular flexibility index (Phi) is 6.59. The number of likely N-dealkylation sites (N-methyl/N-ethyl adjacent to an activating group) is 1. The van der Waals surface area contributed by atoms with E-state index in [1.807, 2.05) is 73.5 Å². The summed E-state index contributed by atoms with van der Waals surface area (Å²) in [6.07, 6.45) is 0. The van der Waals surface area contributed by atoms with Crippen molar-refractivity contribution in [1.82, 2.24) is 15.1 Å². The van der Waals surface area contributed by atoms with E-state index in [2.05, 4.69) is 20.4 Å². The van der Waals surface area contributed by atoms with Gasteiger partial charge in [0, 0.05) is 30.0 Å². The van der Waals surface area contributed by atoms with E-state index in [1.54, 1.807) is 0 Å². The SMILES string of the molecule is CC(c1nnc(-c2ccccc2)o1)N(C)CC(=O)Nc1ccc(N2CCOCC2)cc1. The molecule has 1 aliphatic heterocycles. The Hall–Kier alpha value is -3.23. The minimum Gasteiger partial charge on any atom is -0.419 e. The van der Waals surface area contributed by atoms with Gasteiger partial charge in [0.15, 0.2) is 0 Å². The van der Waals surface area contributed by atoms with Crippen LogP contribution in [-0.4, -0.2) is 60.9 Å². The van der Waals surface area contributed by atoms with Crippen LogP contribution in [0.5, 0.6) is 0 Å². The van der Waals surface area contributed by atoms with E-state index in [9.17, 15) is 4.79 Å². The highest BCUT2D eigenvalue weighted by Crippen LogP contribution is 2.23. The summed E-state index contributed by atoms with van der Waals surface area (Å²) >= 11 is 0. The van der Waals surface area contributed by atoms with Crippen molar-refractivity contribution in [2.45, 2.75) is 13.0 Å². The predicted octanol–water partition coefficient (Wildman–Crippen LogP) is 3.20. The van der Waals surface area contributed by atoms with E-state index < -0.39 is 0 Å². The second kappa shape index (κ2) is 9.72. The quantitative estimate of drug-likeness (QED) is 0.627. The number of carbonyl (C=O) groups excluding carboxylic acids is 1. The lowest BCUT2D eigenvalue weighted by atomic mass is 10.2. The van der Waals surface area contributed by atoms with Gasteiger partial charge in [0.05, 0.1) is 25.8 Å². The second-order valence-corrected chi connectivity index (χ2v) is 7.60. The monoisotopic (exact) mass is 421 g/mol. The van der Waals surface area contributed by atoms with E-state index >= 15 is 0 Å². The number of rotatable bonds is 7. The largest absolute Gasteiger partial charge is 0.419 e. The summed E-state index contributed by atoms with van der Waals surface area (Å²) in [6, 6.07) is 17.3. The first kappa shape index (κ1) is 21.0. The van der Waals surface area contributed by atoms with Crippen LogP contribution >= 0.6 is 0 Å². The molecule has 1 unspecified atom stereocenters. The van der Waals surface area contributed by atoms with Crippen LogP contribution in [0, 0.1) is 0 Å². The van der Waals surface area contributed by atoms with Gasteiger partial charge in [-0.15, -0.1) is 10.2 Å². The lowest BCUT2D eigenvalue weighted by molar-refractivity contribution is -0.117. The summed E-state index contributed by atoms with van der Waals surface area (Å²) < 4.78 is 11.2. The normalized spacial score (nSPS) is 15.1. The summed E-state index contributed by atoms with van der Waals surface area (Å²) in [4.78, 5) is 16.7. The Labute approximate surface area is 181 Å². The Morgan fingerprint density at radius 2 is 1.81 bits per heavy atom. The molecule has 1 amide bonds. The molecule has 0 spiro atoms. The zero-order valence-corrected chi connectivity index (χ0v) is 17.8. The summed E-state index contributed by atoms with van der Waals surface area (Å²) in [7, 11) is 1.86. The first-order valence-electron chi connectivity index (χ1n) is 10.4. The number of nitrogens with zero attached hydrogens (tertiary/aromatic N) is 4. The van der Waals surface area contributed by atoms with E-state index in [4.69, 9.17) is 9.15 Å². The van der Waals surface area contributed by atoms with Crippen molar-refractivity contribution in [3.63, 3.8) is 0 Å². The molecule has 0 bridgehead atoms. The van der Waals surface area contributed by atoms with Crippen molar-refractivity contribution in [3.8, 4) is 11.5 Å².